The highest BCUT2D eigenvalue weighted by Gasteiger charge is 2.46. The maximum atomic E-state index is 10.7. The summed E-state index contributed by atoms with van der Waals surface area (Å²) < 4.78 is 0. The van der Waals surface area contributed by atoms with E-state index in [4.69, 9.17) is 0 Å². The van der Waals surface area contributed by atoms with Gasteiger partial charge in [-0.15, -0.1) is 0 Å². The molecule has 0 radical (unpaired) electrons. The van der Waals surface area contributed by atoms with E-state index in [2.05, 4.69) is 24.3 Å². The standard InChI is InChI=1S/C13H16O/c14-13(11-7-8-11)9-3-5-10-4-1-2-6-12(10)13/h1-2,4,6,11,14H,3,5,7-9H2. The third-order valence-electron chi connectivity index (χ3n) is 3.74. The van der Waals surface area contributed by atoms with Gasteiger partial charge < -0.3 is 5.11 Å². The van der Waals surface area contributed by atoms with Crippen LogP contribution in [0.5, 0.6) is 0 Å². The highest BCUT2D eigenvalue weighted by molar-refractivity contribution is 5.36. The minimum Gasteiger partial charge on any atom is -0.385 e. The van der Waals surface area contributed by atoms with E-state index >= 15 is 0 Å². The Kier molecular flexibility index (Phi) is 1.72. The highest BCUT2D eigenvalue weighted by Crippen LogP contribution is 2.51. The van der Waals surface area contributed by atoms with Crippen LogP contribution in [0.25, 0.3) is 0 Å². The Morgan fingerprint density at radius 2 is 2.00 bits per heavy atom. The molecule has 1 unspecified atom stereocenters. The lowest BCUT2D eigenvalue weighted by Crippen LogP contribution is -2.32. The number of hydrogen-bond acceptors (Lipinski definition) is 1. The van der Waals surface area contributed by atoms with Gasteiger partial charge in [0.25, 0.3) is 0 Å². The third kappa shape index (κ3) is 1.12. The Hall–Kier alpha value is -0.820. The number of rotatable bonds is 1. The Balaban J connectivity index is 2.09. The van der Waals surface area contributed by atoms with Crippen molar-refractivity contribution in [3.63, 3.8) is 0 Å². The number of aliphatic hydroxyl groups is 1. The molecule has 0 amide bonds. The zero-order chi connectivity index (χ0) is 9.60. The molecule has 1 N–H and O–H groups in total. The average Bonchev–Trinajstić information content (AvgIpc) is 3.02. The zero-order valence-electron chi connectivity index (χ0n) is 8.37. The first-order chi connectivity index (χ1) is 6.81. The van der Waals surface area contributed by atoms with Crippen LogP contribution in [0.2, 0.25) is 0 Å². The van der Waals surface area contributed by atoms with Crippen molar-refractivity contribution in [2.75, 3.05) is 0 Å². The molecule has 14 heavy (non-hydrogen) atoms. The van der Waals surface area contributed by atoms with Crippen molar-refractivity contribution in [2.24, 2.45) is 5.92 Å². The van der Waals surface area contributed by atoms with Gasteiger partial charge in [-0.3, -0.25) is 0 Å². The van der Waals surface area contributed by atoms with Gasteiger partial charge in [-0.05, 0) is 49.1 Å². The monoisotopic (exact) mass is 188 g/mol. The van der Waals surface area contributed by atoms with Gasteiger partial charge in [0.05, 0.1) is 5.60 Å². The summed E-state index contributed by atoms with van der Waals surface area (Å²) in [7, 11) is 0. The number of aryl methyl sites for hydroxylation is 1. The summed E-state index contributed by atoms with van der Waals surface area (Å²) in [4.78, 5) is 0. The fourth-order valence-corrected chi connectivity index (χ4v) is 2.83. The summed E-state index contributed by atoms with van der Waals surface area (Å²) in [6.45, 7) is 0. The van der Waals surface area contributed by atoms with Crippen molar-refractivity contribution in [2.45, 2.75) is 37.7 Å². The van der Waals surface area contributed by atoms with Gasteiger partial charge in [0, 0.05) is 0 Å². The van der Waals surface area contributed by atoms with Crippen molar-refractivity contribution < 1.29 is 5.11 Å². The molecule has 74 valence electrons. The van der Waals surface area contributed by atoms with Crippen molar-refractivity contribution >= 4 is 0 Å². The topological polar surface area (TPSA) is 20.2 Å². The maximum Gasteiger partial charge on any atom is 0.0927 e. The second-order valence-electron chi connectivity index (χ2n) is 4.71. The van der Waals surface area contributed by atoms with Gasteiger partial charge in [0.2, 0.25) is 0 Å². The molecule has 0 bridgehead atoms. The molecular formula is C13H16O. The van der Waals surface area contributed by atoms with Crippen LogP contribution in [0.4, 0.5) is 0 Å². The van der Waals surface area contributed by atoms with E-state index in [9.17, 15) is 5.11 Å². The minimum absolute atomic E-state index is 0.477. The molecule has 2 aliphatic rings. The first kappa shape index (κ1) is 8.49. The Bertz CT molecular complexity index is 354. The second-order valence-corrected chi connectivity index (χ2v) is 4.71. The van der Waals surface area contributed by atoms with Crippen LogP contribution in [0.1, 0.15) is 36.8 Å². The second kappa shape index (κ2) is 2.83. The quantitative estimate of drug-likeness (QED) is 0.718. The normalized spacial score (nSPS) is 31.2. The smallest absolute Gasteiger partial charge is 0.0927 e. The van der Waals surface area contributed by atoms with Crippen LogP contribution in [0, 0.1) is 5.92 Å². The van der Waals surface area contributed by atoms with Crippen molar-refractivity contribution in [3.05, 3.63) is 35.4 Å². The lowest BCUT2D eigenvalue weighted by atomic mass is 9.76. The van der Waals surface area contributed by atoms with Gasteiger partial charge in [0.15, 0.2) is 0 Å². The SMILES string of the molecule is OC1(C2CC2)CCCc2ccccc21. The zero-order valence-corrected chi connectivity index (χ0v) is 8.37. The van der Waals surface area contributed by atoms with E-state index in [0.717, 1.165) is 19.3 Å². The van der Waals surface area contributed by atoms with Crippen molar-refractivity contribution in [1.29, 1.82) is 0 Å². The van der Waals surface area contributed by atoms with Crippen LogP contribution in [-0.4, -0.2) is 5.11 Å². The molecule has 0 saturated heterocycles. The van der Waals surface area contributed by atoms with Crippen LogP contribution < -0.4 is 0 Å². The van der Waals surface area contributed by atoms with E-state index < -0.39 is 5.60 Å². The lowest BCUT2D eigenvalue weighted by molar-refractivity contribution is -0.00402. The fourth-order valence-electron chi connectivity index (χ4n) is 2.83. The number of fused-ring (bicyclic) bond motifs is 1. The Morgan fingerprint density at radius 1 is 1.21 bits per heavy atom. The lowest BCUT2D eigenvalue weighted by Gasteiger charge is -2.34. The molecule has 2 aliphatic carbocycles. The molecule has 1 atom stereocenters. The van der Waals surface area contributed by atoms with Gasteiger partial charge in [0.1, 0.15) is 0 Å². The minimum atomic E-state index is -0.477. The van der Waals surface area contributed by atoms with Crippen molar-refractivity contribution in [1.82, 2.24) is 0 Å². The van der Waals surface area contributed by atoms with Gasteiger partial charge in [-0.1, -0.05) is 24.3 Å². The van der Waals surface area contributed by atoms with Gasteiger partial charge >= 0.3 is 0 Å². The predicted molar refractivity (Wildman–Crippen MR) is 56.0 cm³/mol. The van der Waals surface area contributed by atoms with Gasteiger partial charge in [-0.25, -0.2) is 0 Å². The van der Waals surface area contributed by atoms with Crippen LogP contribution in [0.15, 0.2) is 24.3 Å². The molecule has 0 heterocycles. The predicted octanol–water partition coefficient (Wildman–Crippen LogP) is 2.62. The number of benzene rings is 1. The molecular weight excluding hydrogens is 172 g/mol. The number of hydrogen-bond donors (Lipinski definition) is 1. The van der Waals surface area contributed by atoms with Crippen LogP contribution >= 0.6 is 0 Å². The summed E-state index contributed by atoms with van der Waals surface area (Å²) in [5, 5.41) is 10.7. The summed E-state index contributed by atoms with van der Waals surface area (Å²) in [6, 6.07) is 8.42. The average molecular weight is 188 g/mol. The van der Waals surface area contributed by atoms with E-state index in [0.29, 0.717) is 5.92 Å². The first-order valence-electron chi connectivity index (χ1n) is 5.61. The van der Waals surface area contributed by atoms with E-state index in [-0.39, 0.29) is 0 Å². The van der Waals surface area contributed by atoms with E-state index in [1.807, 2.05) is 0 Å². The summed E-state index contributed by atoms with van der Waals surface area (Å²) in [5.74, 6) is 0.545. The highest BCUT2D eigenvalue weighted by atomic mass is 16.3. The Labute approximate surface area is 84.8 Å². The summed E-state index contributed by atoms with van der Waals surface area (Å²) in [5.41, 5.74) is 2.11. The maximum absolute atomic E-state index is 10.7. The molecule has 1 aromatic carbocycles. The third-order valence-corrected chi connectivity index (χ3v) is 3.74. The molecule has 1 aromatic rings. The van der Waals surface area contributed by atoms with E-state index in [1.54, 1.807) is 0 Å². The van der Waals surface area contributed by atoms with E-state index in [1.165, 1.54) is 24.0 Å². The molecule has 0 spiro atoms. The molecule has 1 heteroatoms. The fraction of sp³-hybridized carbons (Fsp3) is 0.538. The molecule has 1 saturated carbocycles. The molecule has 1 fully saturated rings. The summed E-state index contributed by atoms with van der Waals surface area (Å²) >= 11 is 0. The Morgan fingerprint density at radius 3 is 2.79 bits per heavy atom. The molecule has 0 aliphatic heterocycles. The van der Waals surface area contributed by atoms with Crippen LogP contribution in [-0.2, 0) is 12.0 Å². The molecule has 1 nitrogen and oxygen atoms in total. The summed E-state index contributed by atoms with van der Waals surface area (Å²) in [6.07, 6.45) is 5.68. The largest absolute Gasteiger partial charge is 0.385 e. The van der Waals surface area contributed by atoms with Gasteiger partial charge in [-0.2, -0.15) is 0 Å². The van der Waals surface area contributed by atoms with Crippen molar-refractivity contribution in [3.8, 4) is 0 Å². The molecule has 0 aromatic heterocycles. The first-order valence-corrected chi connectivity index (χ1v) is 5.61. The van der Waals surface area contributed by atoms with Crippen LogP contribution in [0.3, 0.4) is 0 Å². The molecule has 3 rings (SSSR count).